The Bertz CT molecular complexity index is 2730. The second-order valence-corrected chi connectivity index (χ2v) is 21.7. The molecule has 14 nitrogen and oxygen atoms in total. The quantitative estimate of drug-likeness (QED) is 0.112. The van der Waals surface area contributed by atoms with Crippen molar-refractivity contribution in [1.29, 1.82) is 0 Å². The Morgan fingerprint density at radius 2 is 1.72 bits per heavy atom. The van der Waals surface area contributed by atoms with Gasteiger partial charge < -0.3 is 29.2 Å². The minimum atomic E-state index is -1.48. The number of benzene rings is 3. The van der Waals surface area contributed by atoms with Crippen LogP contribution in [0.1, 0.15) is 95.9 Å². The summed E-state index contributed by atoms with van der Waals surface area (Å²) in [6.07, 6.45) is 3.07. The number of aromatic nitrogens is 1. The number of carbonyl (C=O) groups is 5. The third-order valence-corrected chi connectivity index (χ3v) is 14.7. The van der Waals surface area contributed by atoms with Gasteiger partial charge in [0.25, 0.3) is 11.8 Å². The Balaban J connectivity index is 1.30. The Morgan fingerprint density at radius 3 is 2.43 bits per heavy atom. The van der Waals surface area contributed by atoms with E-state index in [0.29, 0.717) is 58.3 Å². The van der Waals surface area contributed by atoms with Gasteiger partial charge in [0.15, 0.2) is 0 Å². The number of ether oxygens (including phenoxy) is 2. The molecule has 0 spiro atoms. The summed E-state index contributed by atoms with van der Waals surface area (Å²) in [5.41, 5.74) is 10.9. The number of esters is 1. The summed E-state index contributed by atoms with van der Waals surface area (Å²) >= 11 is 0. The maximum Gasteiger partial charge on any atom is 0.324 e. The summed E-state index contributed by atoms with van der Waals surface area (Å²) in [4.78, 5) is 77.0. The molecule has 2 fully saturated rings. The van der Waals surface area contributed by atoms with E-state index in [9.17, 15) is 14.4 Å². The number of carbonyl (C=O) groups excluding carboxylic acids is 5. The molecule has 7 rings (SSSR count). The number of aryl methyl sites for hydroxylation is 2. The fourth-order valence-electron chi connectivity index (χ4n) is 11.2. The molecule has 0 unspecified atom stereocenters. The summed E-state index contributed by atoms with van der Waals surface area (Å²) in [7, 11) is 7.12. The molecule has 3 aliphatic heterocycles. The van der Waals surface area contributed by atoms with Gasteiger partial charge in [0.1, 0.15) is 17.6 Å². The molecule has 4 atom stereocenters. The highest BCUT2D eigenvalue weighted by Crippen LogP contribution is 2.42. The lowest BCUT2D eigenvalue weighted by Crippen LogP contribution is -2.68. The van der Waals surface area contributed by atoms with Crippen molar-refractivity contribution in [3.8, 4) is 34.2 Å². The van der Waals surface area contributed by atoms with E-state index >= 15 is 9.59 Å². The minimum absolute atomic E-state index is 0.148. The van der Waals surface area contributed by atoms with E-state index in [1.165, 1.54) is 15.5 Å². The van der Waals surface area contributed by atoms with Crippen molar-refractivity contribution < 1.29 is 33.4 Å². The van der Waals surface area contributed by atoms with Gasteiger partial charge in [-0.1, -0.05) is 95.5 Å². The number of hydrogen-bond acceptors (Lipinski definition) is 9. The van der Waals surface area contributed by atoms with Gasteiger partial charge in [0, 0.05) is 68.6 Å². The molecule has 6 bridgehead atoms. The van der Waals surface area contributed by atoms with Crippen LogP contribution in [0, 0.1) is 36.0 Å². The molecule has 3 aromatic carbocycles. The Hall–Kier alpha value is -6.01. The number of nitrogens with zero attached hydrogens (tertiary/aromatic N) is 5. The van der Waals surface area contributed by atoms with Crippen molar-refractivity contribution in [2.24, 2.45) is 17.3 Å². The summed E-state index contributed by atoms with van der Waals surface area (Å²) in [5, 5.41) is 5.91. The van der Waals surface area contributed by atoms with E-state index < -0.39 is 40.8 Å². The molecule has 14 heteroatoms. The van der Waals surface area contributed by atoms with Crippen molar-refractivity contribution in [1.82, 2.24) is 35.0 Å². The van der Waals surface area contributed by atoms with Gasteiger partial charge in [-0.15, -0.1) is 0 Å². The molecule has 2 saturated heterocycles. The van der Waals surface area contributed by atoms with E-state index in [0.717, 1.165) is 56.5 Å². The van der Waals surface area contributed by atoms with Gasteiger partial charge in [0.2, 0.25) is 11.8 Å². The van der Waals surface area contributed by atoms with Crippen LogP contribution in [0.15, 0.2) is 60.7 Å². The van der Waals surface area contributed by atoms with Crippen LogP contribution in [0.2, 0.25) is 0 Å². The third-order valence-electron chi connectivity index (χ3n) is 14.7. The van der Waals surface area contributed by atoms with Crippen molar-refractivity contribution in [3.05, 3.63) is 82.9 Å². The SMILES string of the molecule is CCC[C@]1(NC(=O)[C@H](C(C)C)N(C)C(=O)[C@H]2CCN(C(=O)C#CCN(C)C)C2)Cc2cccc(c2)-c2ccc3c(c2)c(c(-c2c(C)cccc2COC)n3CC)CC(C)(C)COC(=O)[C@@H]2CCCN(N2)C1=O. The third kappa shape index (κ3) is 11.6. The zero-order valence-corrected chi connectivity index (χ0v) is 44.6. The summed E-state index contributed by atoms with van der Waals surface area (Å²) in [6.45, 7) is 17.1. The fourth-order valence-corrected chi connectivity index (χ4v) is 11.2. The average Bonchev–Trinajstić information content (AvgIpc) is 3.95. The van der Waals surface area contributed by atoms with Crippen LogP contribution in [-0.2, 0) is 59.4 Å². The zero-order chi connectivity index (χ0) is 52.1. The summed E-state index contributed by atoms with van der Waals surface area (Å²) in [6, 6.07) is 19.5. The van der Waals surface area contributed by atoms with E-state index in [1.54, 1.807) is 19.1 Å². The maximum atomic E-state index is 15.5. The van der Waals surface area contributed by atoms with Crippen molar-refractivity contribution in [3.63, 3.8) is 0 Å². The highest BCUT2D eigenvalue weighted by atomic mass is 16.5. The first-order valence-electron chi connectivity index (χ1n) is 25.9. The van der Waals surface area contributed by atoms with Crippen LogP contribution in [-0.4, -0.2) is 133 Å². The van der Waals surface area contributed by atoms with Crippen molar-refractivity contribution in [2.45, 2.75) is 124 Å². The van der Waals surface area contributed by atoms with Crippen LogP contribution in [0.25, 0.3) is 33.3 Å². The molecular formula is C58H77N7O7. The largest absolute Gasteiger partial charge is 0.464 e. The lowest BCUT2D eigenvalue weighted by atomic mass is 9.82. The molecule has 4 amide bonds. The van der Waals surface area contributed by atoms with E-state index in [-0.39, 0.29) is 49.6 Å². The summed E-state index contributed by atoms with van der Waals surface area (Å²) in [5.74, 6) is 2.93. The van der Waals surface area contributed by atoms with Crippen LogP contribution in [0.5, 0.6) is 0 Å². The second kappa shape index (κ2) is 22.8. The number of likely N-dealkylation sites (N-methyl/N-ethyl adjacent to an activating group) is 1. The number of likely N-dealkylation sites (tertiary alicyclic amines) is 1. The number of fused-ring (bicyclic) bond motifs is 6. The van der Waals surface area contributed by atoms with Gasteiger partial charge in [-0.3, -0.25) is 33.9 Å². The smallest absolute Gasteiger partial charge is 0.324 e. The van der Waals surface area contributed by atoms with E-state index in [1.807, 2.05) is 51.9 Å². The summed E-state index contributed by atoms with van der Waals surface area (Å²) < 4.78 is 14.4. The maximum absolute atomic E-state index is 15.5. The minimum Gasteiger partial charge on any atom is -0.464 e. The average molecular weight is 984 g/mol. The standard InChI is InChI=1S/C58H77N7O7/c1-12-27-58(59-53(67)51(38(3)4)62(10)54(68)43-26-30-63(35-43)49(66)23-17-28-61(8)9)33-40-19-15-20-41(31-40)42-24-25-48-45(32-42)46(52(64(48)13-2)50-39(5)18-14-21-44(50)36-71-11)34-57(6,7)37-72-55(69)47-22-16-29-65(60-47)56(58)70/h14-15,18-21,24-25,31-32,38,43,47,51,60H,12-13,16,22,26-30,33-37H2,1-11H3,(H,59,67)/t43-,47-,51-,58-/m0/s1. The molecule has 0 saturated carbocycles. The molecular weight excluding hydrogens is 907 g/mol. The zero-order valence-electron chi connectivity index (χ0n) is 44.6. The van der Waals surface area contributed by atoms with E-state index in [4.69, 9.17) is 9.47 Å². The van der Waals surface area contributed by atoms with Gasteiger partial charge >= 0.3 is 5.97 Å². The Kier molecular flexibility index (Phi) is 17.0. The number of rotatable bonds is 12. The molecule has 386 valence electrons. The van der Waals surface area contributed by atoms with Crippen molar-refractivity contribution in [2.75, 3.05) is 61.0 Å². The van der Waals surface area contributed by atoms with Gasteiger partial charge in [-0.25, -0.2) is 5.43 Å². The fraction of sp³-hybridized carbons (Fsp3) is 0.534. The van der Waals surface area contributed by atoms with E-state index in [2.05, 4.69) is 103 Å². The molecule has 0 aliphatic carbocycles. The molecule has 4 heterocycles. The van der Waals surface area contributed by atoms with Gasteiger partial charge in [-0.2, -0.15) is 0 Å². The topological polar surface area (TPSA) is 146 Å². The molecule has 4 aromatic rings. The van der Waals surface area contributed by atoms with Gasteiger partial charge in [-0.05, 0) is 117 Å². The molecule has 2 N–H and O–H groups in total. The normalized spacial score (nSPS) is 20.7. The second-order valence-electron chi connectivity index (χ2n) is 21.7. The Morgan fingerprint density at radius 1 is 0.972 bits per heavy atom. The van der Waals surface area contributed by atoms with Gasteiger partial charge in [0.05, 0.1) is 31.4 Å². The molecule has 72 heavy (non-hydrogen) atoms. The first-order chi connectivity index (χ1) is 34.3. The predicted molar refractivity (Wildman–Crippen MR) is 282 cm³/mol. The van der Waals surface area contributed by atoms with Crippen LogP contribution >= 0.6 is 0 Å². The van der Waals surface area contributed by atoms with Crippen LogP contribution in [0.4, 0.5) is 0 Å². The first kappa shape index (κ1) is 53.8. The lowest BCUT2D eigenvalue weighted by Gasteiger charge is -2.42. The number of amides is 4. The highest BCUT2D eigenvalue weighted by molar-refractivity contribution is 5.98. The number of hydrogen-bond donors (Lipinski definition) is 2. The van der Waals surface area contributed by atoms with Crippen LogP contribution in [0.3, 0.4) is 0 Å². The monoisotopic (exact) mass is 984 g/mol. The first-order valence-corrected chi connectivity index (χ1v) is 25.9. The molecule has 1 aromatic heterocycles. The van der Waals surface area contributed by atoms with Crippen LogP contribution < -0.4 is 10.7 Å². The number of hydrazine groups is 1. The highest BCUT2D eigenvalue weighted by Gasteiger charge is 2.47. The number of nitrogens with one attached hydrogen (secondary N) is 2. The molecule has 3 aliphatic rings. The predicted octanol–water partition coefficient (Wildman–Crippen LogP) is 7.17. The number of methoxy groups -OCH3 is 1. The lowest BCUT2D eigenvalue weighted by molar-refractivity contribution is -0.157. The number of cyclic esters (lactones) is 1. The van der Waals surface area contributed by atoms with Crippen molar-refractivity contribution >= 4 is 40.5 Å². The Labute approximate surface area is 427 Å². The molecule has 0 radical (unpaired) electrons.